The van der Waals surface area contributed by atoms with E-state index in [2.05, 4.69) is 11.5 Å². The Hall–Kier alpha value is -2.09. The van der Waals surface area contributed by atoms with Crippen molar-refractivity contribution in [2.45, 2.75) is 43.7 Å². The average Bonchev–Trinajstić information content (AvgIpc) is 3.57. The zero-order chi connectivity index (χ0) is 22.1. The van der Waals surface area contributed by atoms with Crippen LogP contribution in [-0.4, -0.2) is 88.1 Å². The molecule has 1 aliphatic carbocycles. The Bertz CT molecular complexity index is 867. The first-order valence-electron chi connectivity index (χ1n) is 11.0. The first-order valence-corrected chi connectivity index (χ1v) is 11.4. The van der Waals surface area contributed by atoms with Crippen LogP contribution in [-0.2, 0) is 16.0 Å². The molecule has 0 bridgehead atoms. The maximum atomic E-state index is 12.8. The van der Waals surface area contributed by atoms with E-state index in [1.165, 1.54) is 6.08 Å². The van der Waals surface area contributed by atoms with Gasteiger partial charge in [-0.05, 0) is 48.4 Å². The summed E-state index contributed by atoms with van der Waals surface area (Å²) in [6.07, 6.45) is 4.34. The van der Waals surface area contributed by atoms with E-state index in [0.717, 1.165) is 24.0 Å². The SMILES string of the molecule is C=CC(=O)N1CC(N2CCN(C(=O)CCc3cc(C4CC4)c(Cl)cc3O)CC2CO)C1. The molecule has 1 aromatic rings. The Morgan fingerprint density at radius 1 is 1.16 bits per heavy atom. The molecule has 3 aliphatic rings. The number of amides is 2. The van der Waals surface area contributed by atoms with Gasteiger partial charge in [-0.25, -0.2) is 0 Å². The van der Waals surface area contributed by atoms with Crippen LogP contribution in [0.2, 0.25) is 5.02 Å². The minimum atomic E-state index is -0.130. The summed E-state index contributed by atoms with van der Waals surface area (Å²) in [4.78, 5) is 30.3. The normalized spacial score (nSPS) is 22.3. The van der Waals surface area contributed by atoms with E-state index in [0.29, 0.717) is 56.5 Å². The Balaban J connectivity index is 1.31. The van der Waals surface area contributed by atoms with Gasteiger partial charge in [0.25, 0.3) is 0 Å². The molecule has 2 aliphatic heterocycles. The number of aliphatic hydroxyl groups excluding tert-OH is 1. The van der Waals surface area contributed by atoms with Gasteiger partial charge in [0.2, 0.25) is 11.8 Å². The fraction of sp³-hybridized carbons (Fsp3) is 0.565. The van der Waals surface area contributed by atoms with Crippen LogP contribution in [0.3, 0.4) is 0 Å². The Kier molecular flexibility index (Phi) is 6.55. The minimum absolute atomic E-state index is 0.0255. The molecule has 0 radical (unpaired) electrons. The van der Waals surface area contributed by atoms with Crippen LogP contribution in [0.5, 0.6) is 5.75 Å². The summed E-state index contributed by atoms with van der Waals surface area (Å²) in [5.74, 6) is 0.576. The van der Waals surface area contributed by atoms with Crippen LogP contribution < -0.4 is 0 Å². The number of aryl methyl sites for hydroxylation is 1. The lowest BCUT2D eigenvalue weighted by Gasteiger charge is -2.51. The molecule has 8 heteroatoms. The summed E-state index contributed by atoms with van der Waals surface area (Å²) in [6, 6.07) is 3.62. The van der Waals surface area contributed by atoms with Gasteiger partial charge in [-0.3, -0.25) is 14.5 Å². The van der Waals surface area contributed by atoms with Crippen molar-refractivity contribution in [2.24, 2.45) is 0 Å². The predicted octanol–water partition coefficient (Wildman–Crippen LogP) is 1.76. The highest BCUT2D eigenvalue weighted by molar-refractivity contribution is 6.31. The zero-order valence-corrected chi connectivity index (χ0v) is 18.4. The molecule has 168 valence electrons. The molecule has 1 aromatic carbocycles. The summed E-state index contributed by atoms with van der Waals surface area (Å²) in [5.41, 5.74) is 1.83. The number of hydrogen-bond donors (Lipinski definition) is 2. The third-order valence-electron chi connectivity index (χ3n) is 6.73. The second kappa shape index (κ2) is 9.18. The number of halogens is 1. The molecule has 1 atom stereocenters. The van der Waals surface area contributed by atoms with Crippen molar-refractivity contribution >= 4 is 23.4 Å². The number of benzene rings is 1. The van der Waals surface area contributed by atoms with Crippen LogP contribution in [0, 0.1) is 0 Å². The van der Waals surface area contributed by atoms with Gasteiger partial charge in [-0.2, -0.15) is 0 Å². The van der Waals surface area contributed by atoms with Gasteiger partial charge >= 0.3 is 0 Å². The first kappa shape index (κ1) is 22.1. The molecule has 2 amide bonds. The van der Waals surface area contributed by atoms with Crippen molar-refractivity contribution in [1.82, 2.24) is 14.7 Å². The van der Waals surface area contributed by atoms with E-state index in [-0.39, 0.29) is 36.3 Å². The Morgan fingerprint density at radius 2 is 1.90 bits per heavy atom. The number of carbonyl (C=O) groups is 2. The van der Waals surface area contributed by atoms with Crippen molar-refractivity contribution in [3.63, 3.8) is 0 Å². The fourth-order valence-electron chi connectivity index (χ4n) is 4.65. The second-order valence-electron chi connectivity index (χ2n) is 8.79. The van der Waals surface area contributed by atoms with Gasteiger partial charge < -0.3 is 20.0 Å². The van der Waals surface area contributed by atoms with Crippen LogP contribution in [0.25, 0.3) is 0 Å². The number of aromatic hydroxyl groups is 1. The number of nitrogens with zero attached hydrogens (tertiary/aromatic N) is 3. The Morgan fingerprint density at radius 3 is 2.55 bits per heavy atom. The van der Waals surface area contributed by atoms with E-state index in [1.807, 2.05) is 6.07 Å². The number of phenols is 1. The monoisotopic (exact) mass is 447 g/mol. The number of aliphatic hydroxyl groups is 1. The molecule has 2 saturated heterocycles. The summed E-state index contributed by atoms with van der Waals surface area (Å²) >= 11 is 6.25. The van der Waals surface area contributed by atoms with Gasteiger partial charge in [0.15, 0.2) is 0 Å². The van der Waals surface area contributed by atoms with Gasteiger partial charge in [-0.1, -0.05) is 24.2 Å². The summed E-state index contributed by atoms with van der Waals surface area (Å²) < 4.78 is 0. The minimum Gasteiger partial charge on any atom is -0.508 e. The van der Waals surface area contributed by atoms with E-state index in [1.54, 1.807) is 15.9 Å². The molecule has 31 heavy (non-hydrogen) atoms. The summed E-state index contributed by atoms with van der Waals surface area (Å²) in [6.45, 7) is 6.50. The largest absolute Gasteiger partial charge is 0.508 e. The molecule has 7 nitrogen and oxygen atoms in total. The number of carbonyl (C=O) groups excluding carboxylic acids is 2. The summed E-state index contributed by atoms with van der Waals surface area (Å²) in [5, 5.41) is 20.7. The van der Waals surface area contributed by atoms with Crippen LogP contribution in [0.15, 0.2) is 24.8 Å². The quantitative estimate of drug-likeness (QED) is 0.622. The predicted molar refractivity (Wildman–Crippen MR) is 118 cm³/mol. The van der Waals surface area contributed by atoms with Crippen LogP contribution in [0.1, 0.15) is 36.3 Å². The average molecular weight is 448 g/mol. The highest BCUT2D eigenvalue weighted by Gasteiger charge is 2.40. The molecule has 0 spiro atoms. The number of likely N-dealkylation sites (tertiary alicyclic amines) is 1. The van der Waals surface area contributed by atoms with Crippen LogP contribution in [0.4, 0.5) is 0 Å². The number of phenolic OH excluding ortho intramolecular Hbond substituents is 1. The molecular formula is C23H30ClN3O4. The molecule has 2 N–H and O–H groups in total. The number of hydrogen-bond acceptors (Lipinski definition) is 5. The molecule has 1 unspecified atom stereocenters. The molecule has 4 rings (SSSR count). The third kappa shape index (κ3) is 4.73. The van der Waals surface area contributed by atoms with E-state index in [9.17, 15) is 19.8 Å². The summed E-state index contributed by atoms with van der Waals surface area (Å²) in [7, 11) is 0. The van der Waals surface area contributed by atoms with E-state index < -0.39 is 0 Å². The topological polar surface area (TPSA) is 84.3 Å². The number of rotatable bonds is 7. The highest BCUT2D eigenvalue weighted by atomic mass is 35.5. The van der Waals surface area contributed by atoms with E-state index >= 15 is 0 Å². The molecule has 1 saturated carbocycles. The second-order valence-corrected chi connectivity index (χ2v) is 9.20. The lowest BCUT2D eigenvalue weighted by molar-refractivity contribution is -0.140. The highest BCUT2D eigenvalue weighted by Crippen LogP contribution is 2.45. The van der Waals surface area contributed by atoms with Gasteiger partial charge in [0, 0.05) is 50.2 Å². The van der Waals surface area contributed by atoms with Crippen molar-refractivity contribution in [2.75, 3.05) is 39.3 Å². The van der Waals surface area contributed by atoms with Crippen molar-refractivity contribution < 1.29 is 19.8 Å². The molecule has 0 aromatic heterocycles. The lowest BCUT2D eigenvalue weighted by atomic mass is 10.0. The van der Waals surface area contributed by atoms with Crippen molar-refractivity contribution in [3.8, 4) is 5.75 Å². The van der Waals surface area contributed by atoms with Crippen LogP contribution >= 0.6 is 11.6 Å². The number of piperazine rings is 1. The smallest absolute Gasteiger partial charge is 0.246 e. The third-order valence-corrected chi connectivity index (χ3v) is 7.06. The van der Waals surface area contributed by atoms with Crippen molar-refractivity contribution in [1.29, 1.82) is 0 Å². The maximum absolute atomic E-state index is 12.8. The molecule has 2 heterocycles. The van der Waals surface area contributed by atoms with Crippen molar-refractivity contribution in [3.05, 3.63) is 40.9 Å². The van der Waals surface area contributed by atoms with E-state index in [4.69, 9.17) is 11.6 Å². The van der Waals surface area contributed by atoms with Gasteiger partial charge in [0.05, 0.1) is 12.6 Å². The maximum Gasteiger partial charge on any atom is 0.246 e. The molecule has 3 fully saturated rings. The fourth-order valence-corrected chi connectivity index (χ4v) is 4.96. The standard InChI is InChI=1S/C23H30ClN3O4/c1-2-22(30)26-11-17(12-26)27-8-7-25(13-18(27)14-28)23(31)6-5-16-9-19(15-3-4-15)20(24)10-21(16)29/h2,9-10,15,17-18,28-29H,1,3-8,11-14H2. The Labute approximate surface area is 187 Å². The van der Waals surface area contributed by atoms with Gasteiger partial charge in [-0.15, -0.1) is 0 Å². The first-order chi connectivity index (χ1) is 14.9. The lowest BCUT2D eigenvalue weighted by Crippen LogP contribution is -2.68. The molecular weight excluding hydrogens is 418 g/mol. The van der Waals surface area contributed by atoms with Gasteiger partial charge in [0.1, 0.15) is 5.75 Å². The zero-order valence-electron chi connectivity index (χ0n) is 17.7.